The topological polar surface area (TPSA) is 39.4 Å². The maximum atomic E-state index is 13.6. The van der Waals surface area contributed by atoms with Crippen molar-refractivity contribution >= 4 is 23.6 Å². The minimum absolute atomic E-state index is 0.0562. The second-order valence-corrected chi connectivity index (χ2v) is 10.5. The zero-order chi connectivity index (χ0) is 27.9. The molecule has 0 spiro atoms. The van der Waals surface area contributed by atoms with Crippen LogP contribution < -0.4 is 10.2 Å². The predicted octanol–water partition coefficient (Wildman–Crippen LogP) is 8.54. The smallest absolute Gasteiger partial charge is 0.416 e. The van der Waals surface area contributed by atoms with Crippen molar-refractivity contribution in [2.45, 2.75) is 42.6 Å². The fraction of sp³-hybridized carbons (Fsp3) is 0.182. The molecule has 1 aliphatic carbocycles. The SMILES string of the molecule is O=c1c(C2CC(c3ccc(OCc4ccc(C(F)(F)F)cc4)cc3)Cc3ccccc32)c(S)oc2ccccc12. The lowest BCUT2D eigenvalue weighted by molar-refractivity contribution is -0.137. The molecule has 2 unspecified atom stereocenters. The van der Waals surface area contributed by atoms with Gasteiger partial charge in [-0.25, -0.2) is 0 Å². The van der Waals surface area contributed by atoms with Crippen LogP contribution in [0.2, 0.25) is 0 Å². The largest absolute Gasteiger partial charge is 0.489 e. The first-order valence-electron chi connectivity index (χ1n) is 13.0. The second kappa shape index (κ2) is 10.5. The van der Waals surface area contributed by atoms with Crippen LogP contribution in [0.4, 0.5) is 13.2 Å². The number of benzene rings is 4. The molecule has 4 aromatic carbocycles. The van der Waals surface area contributed by atoms with Crippen LogP contribution in [0.15, 0.2) is 111 Å². The molecular formula is C33H25F3O3S. The highest BCUT2D eigenvalue weighted by molar-refractivity contribution is 7.80. The van der Waals surface area contributed by atoms with Gasteiger partial charge in [0, 0.05) is 5.92 Å². The van der Waals surface area contributed by atoms with Gasteiger partial charge in [-0.3, -0.25) is 4.79 Å². The Hall–Kier alpha value is -3.97. The van der Waals surface area contributed by atoms with Crippen molar-refractivity contribution in [1.29, 1.82) is 0 Å². The minimum atomic E-state index is -4.36. The summed E-state index contributed by atoms with van der Waals surface area (Å²) in [5, 5.41) is 0.889. The van der Waals surface area contributed by atoms with E-state index in [0.29, 0.717) is 32.9 Å². The first kappa shape index (κ1) is 26.3. The average molecular weight is 559 g/mol. The van der Waals surface area contributed by atoms with E-state index in [4.69, 9.17) is 9.15 Å². The van der Waals surface area contributed by atoms with Gasteiger partial charge in [-0.05, 0) is 77.4 Å². The summed E-state index contributed by atoms with van der Waals surface area (Å²) in [4.78, 5) is 13.6. The van der Waals surface area contributed by atoms with E-state index in [1.807, 2.05) is 48.5 Å². The molecule has 5 aromatic rings. The number of halogens is 3. The highest BCUT2D eigenvalue weighted by Crippen LogP contribution is 2.44. The highest BCUT2D eigenvalue weighted by atomic mass is 32.1. The third kappa shape index (κ3) is 5.13. The van der Waals surface area contributed by atoms with E-state index in [9.17, 15) is 18.0 Å². The van der Waals surface area contributed by atoms with Gasteiger partial charge < -0.3 is 9.15 Å². The molecule has 6 rings (SSSR count). The van der Waals surface area contributed by atoms with Crippen molar-refractivity contribution in [3.63, 3.8) is 0 Å². The van der Waals surface area contributed by atoms with Crippen LogP contribution in [0, 0.1) is 0 Å². The van der Waals surface area contributed by atoms with Gasteiger partial charge in [-0.1, -0.05) is 60.7 Å². The van der Waals surface area contributed by atoms with Crippen LogP contribution in [-0.4, -0.2) is 0 Å². The summed E-state index contributed by atoms with van der Waals surface area (Å²) < 4.78 is 50.2. The number of hydrogen-bond acceptors (Lipinski definition) is 4. The Bertz CT molecular complexity index is 1720. The molecule has 0 fully saturated rings. The Morgan fingerprint density at radius 3 is 2.33 bits per heavy atom. The number of thiol groups is 1. The summed E-state index contributed by atoms with van der Waals surface area (Å²) in [5.41, 5.74) is 4.44. The van der Waals surface area contributed by atoms with E-state index in [1.165, 1.54) is 17.7 Å². The monoisotopic (exact) mass is 558 g/mol. The van der Waals surface area contributed by atoms with Crippen molar-refractivity contribution in [2.24, 2.45) is 0 Å². The molecule has 2 atom stereocenters. The van der Waals surface area contributed by atoms with Gasteiger partial charge in [0.15, 0.2) is 10.5 Å². The highest BCUT2D eigenvalue weighted by Gasteiger charge is 2.33. The van der Waals surface area contributed by atoms with Crippen LogP contribution >= 0.6 is 12.6 Å². The van der Waals surface area contributed by atoms with Crippen molar-refractivity contribution in [1.82, 2.24) is 0 Å². The number of ether oxygens (including phenoxy) is 1. The Kier molecular flexibility index (Phi) is 6.92. The van der Waals surface area contributed by atoms with Crippen molar-refractivity contribution in [3.05, 3.63) is 141 Å². The molecule has 0 amide bonds. The average Bonchev–Trinajstić information content (AvgIpc) is 2.96. The van der Waals surface area contributed by atoms with Gasteiger partial charge in [0.1, 0.15) is 17.9 Å². The lowest BCUT2D eigenvalue weighted by atomic mass is 9.72. The summed E-state index contributed by atoms with van der Waals surface area (Å²) in [6.07, 6.45) is -2.81. The molecular weight excluding hydrogens is 533 g/mol. The van der Waals surface area contributed by atoms with Crippen LogP contribution in [0.3, 0.4) is 0 Å². The standard InChI is InChI=1S/C33H25F3O3S/c34-33(35,36)24-13-9-20(10-14-24)19-38-25-15-11-21(12-16-25)23-17-22-5-1-2-6-26(22)28(18-23)30-31(37)27-7-3-4-8-29(27)39-32(30)40/h1-16,23,28,40H,17-19H2. The van der Waals surface area contributed by atoms with Crippen LogP contribution in [-0.2, 0) is 19.2 Å². The molecule has 7 heteroatoms. The predicted molar refractivity (Wildman–Crippen MR) is 151 cm³/mol. The summed E-state index contributed by atoms with van der Waals surface area (Å²) >= 11 is 4.61. The lowest BCUT2D eigenvalue weighted by Gasteiger charge is -2.32. The van der Waals surface area contributed by atoms with E-state index in [2.05, 4.69) is 24.8 Å². The quantitative estimate of drug-likeness (QED) is 0.220. The normalized spacial score (nSPS) is 17.0. The fourth-order valence-electron chi connectivity index (χ4n) is 5.59. The first-order valence-corrected chi connectivity index (χ1v) is 13.4. The van der Waals surface area contributed by atoms with Gasteiger partial charge in [0.05, 0.1) is 16.5 Å². The van der Waals surface area contributed by atoms with Crippen LogP contribution in [0.1, 0.15) is 51.6 Å². The number of fused-ring (bicyclic) bond motifs is 2. The number of para-hydroxylation sites is 1. The zero-order valence-corrected chi connectivity index (χ0v) is 22.2. The molecule has 202 valence electrons. The molecule has 0 saturated heterocycles. The van der Waals surface area contributed by atoms with E-state index in [0.717, 1.165) is 36.1 Å². The molecule has 3 nitrogen and oxygen atoms in total. The third-order valence-corrected chi connectivity index (χ3v) is 7.95. The molecule has 0 saturated carbocycles. The molecule has 0 N–H and O–H groups in total. The molecule has 1 aromatic heterocycles. The maximum Gasteiger partial charge on any atom is 0.416 e. The summed E-state index contributed by atoms with van der Waals surface area (Å²) in [7, 11) is 0. The summed E-state index contributed by atoms with van der Waals surface area (Å²) in [6.45, 7) is 0.165. The van der Waals surface area contributed by atoms with Gasteiger partial charge in [-0.2, -0.15) is 13.2 Å². The van der Waals surface area contributed by atoms with E-state index < -0.39 is 11.7 Å². The lowest BCUT2D eigenvalue weighted by Crippen LogP contribution is -2.23. The van der Waals surface area contributed by atoms with Gasteiger partial charge >= 0.3 is 6.18 Å². The van der Waals surface area contributed by atoms with E-state index in [1.54, 1.807) is 12.1 Å². The minimum Gasteiger partial charge on any atom is -0.489 e. The summed E-state index contributed by atoms with van der Waals surface area (Å²) in [5.74, 6) is 0.616. The molecule has 40 heavy (non-hydrogen) atoms. The molecule has 0 radical (unpaired) electrons. The van der Waals surface area contributed by atoms with Crippen molar-refractivity contribution in [2.75, 3.05) is 0 Å². The first-order chi connectivity index (χ1) is 19.3. The molecule has 1 heterocycles. The van der Waals surface area contributed by atoms with Gasteiger partial charge in [-0.15, -0.1) is 12.6 Å². The van der Waals surface area contributed by atoms with Gasteiger partial charge in [0.2, 0.25) is 0 Å². The number of alkyl halides is 3. The Morgan fingerprint density at radius 1 is 0.875 bits per heavy atom. The van der Waals surface area contributed by atoms with Crippen LogP contribution in [0.25, 0.3) is 11.0 Å². The molecule has 0 aliphatic heterocycles. The Labute approximate surface area is 234 Å². The maximum absolute atomic E-state index is 13.6. The number of hydrogen-bond donors (Lipinski definition) is 1. The fourth-order valence-corrected chi connectivity index (χ4v) is 5.95. The second-order valence-electron chi connectivity index (χ2n) is 10.1. The Balaban J connectivity index is 1.24. The van der Waals surface area contributed by atoms with E-state index in [-0.39, 0.29) is 23.9 Å². The molecule has 1 aliphatic rings. The van der Waals surface area contributed by atoms with Crippen molar-refractivity contribution < 1.29 is 22.3 Å². The van der Waals surface area contributed by atoms with Crippen molar-refractivity contribution in [3.8, 4) is 5.75 Å². The van der Waals surface area contributed by atoms with E-state index >= 15 is 0 Å². The number of rotatable bonds is 5. The van der Waals surface area contributed by atoms with Gasteiger partial charge in [0.25, 0.3) is 0 Å². The zero-order valence-electron chi connectivity index (χ0n) is 21.3. The summed E-state index contributed by atoms with van der Waals surface area (Å²) in [6, 6.07) is 28.2. The third-order valence-electron chi connectivity index (χ3n) is 7.62. The Morgan fingerprint density at radius 2 is 1.57 bits per heavy atom. The van der Waals surface area contributed by atoms with Crippen LogP contribution in [0.5, 0.6) is 5.75 Å². The molecule has 0 bridgehead atoms.